The van der Waals surface area contributed by atoms with Crippen molar-refractivity contribution in [1.29, 1.82) is 0 Å². The second-order valence-electron chi connectivity index (χ2n) is 6.33. The van der Waals surface area contributed by atoms with Gasteiger partial charge < -0.3 is 4.90 Å². The number of nitrogens with zero attached hydrogens (tertiary/aromatic N) is 1. The topological polar surface area (TPSA) is 20.3 Å². The normalized spacial score (nSPS) is 12.1. The zero-order chi connectivity index (χ0) is 17.1. The van der Waals surface area contributed by atoms with Crippen LogP contribution in [0.2, 0.25) is 0 Å². The molecule has 0 heterocycles. The van der Waals surface area contributed by atoms with E-state index in [9.17, 15) is 4.79 Å². The van der Waals surface area contributed by atoms with E-state index in [1.165, 1.54) is 10.9 Å². The molecule has 0 aliphatic heterocycles. The first-order valence-electron chi connectivity index (χ1n) is 8.47. The van der Waals surface area contributed by atoms with Gasteiger partial charge in [-0.3, -0.25) is 4.79 Å². The van der Waals surface area contributed by atoms with Crippen molar-refractivity contribution in [3.05, 3.63) is 77.9 Å². The Bertz CT molecular complexity index is 868. The number of rotatable bonds is 4. The van der Waals surface area contributed by atoms with Gasteiger partial charge in [-0.05, 0) is 52.9 Å². The summed E-state index contributed by atoms with van der Waals surface area (Å²) in [5.74, 6) is 0.485. The Labute approximate surface area is 143 Å². The van der Waals surface area contributed by atoms with Crippen LogP contribution >= 0.6 is 0 Å². The molecule has 0 N–H and O–H groups in total. The van der Waals surface area contributed by atoms with Crippen molar-refractivity contribution in [3.63, 3.8) is 0 Å². The zero-order valence-electron chi connectivity index (χ0n) is 14.5. The first-order valence-corrected chi connectivity index (χ1v) is 8.47. The van der Waals surface area contributed by atoms with Crippen LogP contribution in [-0.2, 0) is 0 Å². The second kappa shape index (κ2) is 6.88. The second-order valence-corrected chi connectivity index (χ2v) is 6.33. The molecule has 1 unspecified atom stereocenters. The zero-order valence-corrected chi connectivity index (χ0v) is 14.5. The molecule has 3 aromatic carbocycles. The standard InChI is InChI=1S/C22H23NO/c1-4-16(2)18-10-7-11-20(14-18)22(24)23(3)21-13-12-17-8-5-6-9-19(17)15-21/h5-16H,4H2,1-3H3. The number of anilines is 1. The van der Waals surface area contributed by atoms with E-state index in [4.69, 9.17) is 0 Å². The third-order valence-electron chi connectivity index (χ3n) is 4.74. The van der Waals surface area contributed by atoms with Crippen molar-refractivity contribution in [1.82, 2.24) is 0 Å². The molecule has 0 aliphatic rings. The number of benzene rings is 3. The largest absolute Gasteiger partial charge is 0.311 e. The van der Waals surface area contributed by atoms with Crippen LogP contribution < -0.4 is 4.90 Å². The van der Waals surface area contributed by atoms with Gasteiger partial charge >= 0.3 is 0 Å². The van der Waals surface area contributed by atoms with E-state index >= 15 is 0 Å². The molecule has 0 fully saturated rings. The highest BCUT2D eigenvalue weighted by molar-refractivity contribution is 6.06. The molecule has 0 saturated carbocycles. The first kappa shape index (κ1) is 16.3. The van der Waals surface area contributed by atoms with E-state index in [1.54, 1.807) is 4.90 Å². The van der Waals surface area contributed by atoms with Gasteiger partial charge in [0, 0.05) is 18.3 Å². The van der Waals surface area contributed by atoms with E-state index in [0.29, 0.717) is 5.92 Å². The molecule has 24 heavy (non-hydrogen) atoms. The smallest absolute Gasteiger partial charge is 0.258 e. The first-order chi connectivity index (χ1) is 11.6. The minimum atomic E-state index is 0.0236. The van der Waals surface area contributed by atoms with E-state index < -0.39 is 0 Å². The van der Waals surface area contributed by atoms with Crippen LogP contribution in [0, 0.1) is 0 Å². The third-order valence-corrected chi connectivity index (χ3v) is 4.74. The fourth-order valence-electron chi connectivity index (χ4n) is 2.91. The molecular weight excluding hydrogens is 294 g/mol. The Morgan fingerprint density at radius 1 is 0.958 bits per heavy atom. The van der Waals surface area contributed by atoms with Crippen LogP contribution in [0.4, 0.5) is 5.69 Å². The van der Waals surface area contributed by atoms with Crippen molar-refractivity contribution in [2.45, 2.75) is 26.2 Å². The predicted molar refractivity (Wildman–Crippen MR) is 102 cm³/mol. The Morgan fingerprint density at radius 2 is 1.71 bits per heavy atom. The van der Waals surface area contributed by atoms with Gasteiger partial charge in [-0.25, -0.2) is 0 Å². The van der Waals surface area contributed by atoms with Crippen molar-refractivity contribution in [2.24, 2.45) is 0 Å². The number of fused-ring (bicyclic) bond motifs is 1. The third kappa shape index (κ3) is 3.18. The number of hydrogen-bond acceptors (Lipinski definition) is 1. The van der Waals surface area contributed by atoms with Crippen molar-refractivity contribution in [3.8, 4) is 0 Å². The monoisotopic (exact) mass is 317 g/mol. The Morgan fingerprint density at radius 3 is 2.46 bits per heavy atom. The molecule has 0 aliphatic carbocycles. The van der Waals surface area contributed by atoms with Gasteiger partial charge in [0.05, 0.1) is 0 Å². The summed E-state index contributed by atoms with van der Waals surface area (Å²) in [5.41, 5.74) is 2.87. The molecule has 2 nitrogen and oxygen atoms in total. The predicted octanol–water partition coefficient (Wildman–Crippen LogP) is 5.63. The number of carbonyl (C=O) groups excluding carboxylic acids is 1. The SMILES string of the molecule is CCC(C)c1cccc(C(=O)N(C)c2ccc3ccccc3c2)c1. The number of carbonyl (C=O) groups is 1. The lowest BCUT2D eigenvalue weighted by Crippen LogP contribution is -2.26. The van der Waals surface area contributed by atoms with Gasteiger partial charge in [-0.15, -0.1) is 0 Å². The number of amides is 1. The fraction of sp³-hybridized carbons (Fsp3) is 0.227. The van der Waals surface area contributed by atoms with Crippen LogP contribution in [0.3, 0.4) is 0 Å². The molecule has 1 amide bonds. The summed E-state index contributed by atoms with van der Waals surface area (Å²) in [6.07, 6.45) is 1.07. The summed E-state index contributed by atoms with van der Waals surface area (Å²) in [4.78, 5) is 14.6. The molecule has 3 aromatic rings. The van der Waals surface area contributed by atoms with E-state index in [2.05, 4.69) is 44.2 Å². The molecular formula is C22H23NO. The Balaban J connectivity index is 1.90. The average Bonchev–Trinajstić information content (AvgIpc) is 2.65. The molecule has 122 valence electrons. The molecule has 3 rings (SSSR count). The van der Waals surface area contributed by atoms with E-state index in [1.807, 2.05) is 43.4 Å². The maximum absolute atomic E-state index is 12.9. The number of hydrogen-bond donors (Lipinski definition) is 0. The van der Waals surface area contributed by atoms with Gasteiger partial charge in [0.2, 0.25) is 0 Å². The lowest BCUT2D eigenvalue weighted by molar-refractivity contribution is 0.0993. The summed E-state index contributed by atoms with van der Waals surface area (Å²) in [7, 11) is 1.84. The van der Waals surface area contributed by atoms with E-state index in [0.717, 1.165) is 23.1 Å². The van der Waals surface area contributed by atoms with Crippen molar-refractivity contribution >= 4 is 22.4 Å². The van der Waals surface area contributed by atoms with Gasteiger partial charge in [-0.1, -0.05) is 56.3 Å². The summed E-state index contributed by atoms with van der Waals surface area (Å²) >= 11 is 0. The summed E-state index contributed by atoms with van der Waals surface area (Å²) in [6.45, 7) is 4.36. The molecule has 0 bridgehead atoms. The molecule has 2 heteroatoms. The fourth-order valence-corrected chi connectivity index (χ4v) is 2.91. The van der Waals surface area contributed by atoms with Crippen molar-refractivity contribution in [2.75, 3.05) is 11.9 Å². The molecule has 1 atom stereocenters. The van der Waals surface area contributed by atoms with Crippen LogP contribution in [0.25, 0.3) is 10.8 Å². The maximum atomic E-state index is 12.9. The minimum Gasteiger partial charge on any atom is -0.311 e. The quantitative estimate of drug-likeness (QED) is 0.610. The van der Waals surface area contributed by atoms with Crippen LogP contribution in [0.5, 0.6) is 0 Å². The van der Waals surface area contributed by atoms with Crippen LogP contribution in [0.15, 0.2) is 66.7 Å². The highest BCUT2D eigenvalue weighted by Crippen LogP contribution is 2.24. The highest BCUT2D eigenvalue weighted by atomic mass is 16.2. The van der Waals surface area contributed by atoms with Gasteiger partial charge in [0.15, 0.2) is 0 Å². The highest BCUT2D eigenvalue weighted by Gasteiger charge is 2.15. The van der Waals surface area contributed by atoms with E-state index in [-0.39, 0.29) is 5.91 Å². The molecule has 0 aromatic heterocycles. The molecule has 0 spiro atoms. The lowest BCUT2D eigenvalue weighted by atomic mass is 9.96. The Hall–Kier alpha value is -2.61. The molecule has 0 radical (unpaired) electrons. The summed E-state index contributed by atoms with van der Waals surface area (Å²) in [5, 5.41) is 2.32. The average molecular weight is 317 g/mol. The van der Waals surface area contributed by atoms with Gasteiger partial charge in [-0.2, -0.15) is 0 Å². The minimum absolute atomic E-state index is 0.0236. The summed E-state index contributed by atoms with van der Waals surface area (Å²) in [6, 6.07) is 22.3. The van der Waals surface area contributed by atoms with Gasteiger partial charge in [0.1, 0.15) is 0 Å². The van der Waals surface area contributed by atoms with Crippen LogP contribution in [-0.4, -0.2) is 13.0 Å². The maximum Gasteiger partial charge on any atom is 0.258 e. The Kier molecular flexibility index (Phi) is 4.66. The van der Waals surface area contributed by atoms with Crippen LogP contribution in [0.1, 0.15) is 42.1 Å². The summed E-state index contributed by atoms with van der Waals surface area (Å²) < 4.78 is 0. The lowest BCUT2D eigenvalue weighted by Gasteiger charge is -2.19. The van der Waals surface area contributed by atoms with Crippen molar-refractivity contribution < 1.29 is 4.79 Å². The molecule has 0 saturated heterocycles. The van der Waals surface area contributed by atoms with Gasteiger partial charge in [0.25, 0.3) is 5.91 Å².